The van der Waals surface area contributed by atoms with E-state index in [1.807, 2.05) is 0 Å². The molecular formula is C19H17ClF3N5O. The molecule has 0 saturated carbocycles. The zero-order valence-electron chi connectivity index (χ0n) is 15.2. The van der Waals surface area contributed by atoms with E-state index in [0.717, 1.165) is 19.3 Å². The van der Waals surface area contributed by atoms with E-state index in [-0.39, 0.29) is 17.1 Å². The van der Waals surface area contributed by atoms with E-state index in [0.29, 0.717) is 35.1 Å². The van der Waals surface area contributed by atoms with Crippen LogP contribution in [0.3, 0.4) is 0 Å². The number of likely N-dealkylation sites (tertiary alicyclic amines) is 1. The summed E-state index contributed by atoms with van der Waals surface area (Å²) in [5.41, 5.74) is 1.56. The van der Waals surface area contributed by atoms with Gasteiger partial charge in [0.1, 0.15) is 5.82 Å². The molecule has 1 aliphatic rings. The molecule has 0 unspecified atom stereocenters. The van der Waals surface area contributed by atoms with Crippen molar-refractivity contribution >= 4 is 34.5 Å². The average molecular weight is 424 g/mol. The highest BCUT2D eigenvalue weighted by molar-refractivity contribution is 6.33. The molecule has 10 heteroatoms. The molecule has 152 valence electrons. The predicted molar refractivity (Wildman–Crippen MR) is 104 cm³/mol. The van der Waals surface area contributed by atoms with Crippen molar-refractivity contribution in [3.8, 4) is 11.1 Å². The van der Waals surface area contributed by atoms with Gasteiger partial charge in [0, 0.05) is 24.8 Å². The van der Waals surface area contributed by atoms with Gasteiger partial charge in [-0.25, -0.2) is 14.8 Å². The molecule has 2 N–H and O–H groups in total. The Bertz CT molecular complexity index is 1060. The molecule has 29 heavy (non-hydrogen) atoms. The molecule has 2 amide bonds. The molecule has 3 heterocycles. The molecule has 2 aromatic heterocycles. The fourth-order valence-corrected chi connectivity index (χ4v) is 3.54. The van der Waals surface area contributed by atoms with Gasteiger partial charge in [-0.2, -0.15) is 13.2 Å². The largest absolute Gasteiger partial charge is 0.449 e. The maximum atomic E-state index is 12.9. The number of anilines is 1. The van der Waals surface area contributed by atoms with Gasteiger partial charge < -0.3 is 9.88 Å². The fraction of sp³-hybridized carbons (Fsp3) is 0.316. The van der Waals surface area contributed by atoms with Crippen molar-refractivity contribution in [2.75, 3.05) is 18.4 Å². The summed E-state index contributed by atoms with van der Waals surface area (Å²) in [4.78, 5) is 24.1. The monoisotopic (exact) mass is 423 g/mol. The van der Waals surface area contributed by atoms with Gasteiger partial charge >= 0.3 is 12.2 Å². The number of nitrogens with zero attached hydrogens (tertiary/aromatic N) is 3. The summed E-state index contributed by atoms with van der Waals surface area (Å²) >= 11 is 6.25. The Labute approximate surface area is 169 Å². The highest BCUT2D eigenvalue weighted by Crippen LogP contribution is 2.33. The topological polar surface area (TPSA) is 73.9 Å². The van der Waals surface area contributed by atoms with E-state index in [1.165, 1.54) is 18.3 Å². The first-order chi connectivity index (χ1) is 13.8. The molecule has 0 aliphatic carbocycles. The van der Waals surface area contributed by atoms with Crippen LogP contribution in [-0.2, 0) is 6.18 Å². The Balaban J connectivity index is 1.62. The van der Waals surface area contributed by atoms with E-state index in [2.05, 4.69) is 20.3 Å². The number of fused-ring (bicyclic) bond motifs is 1. The standard InChI is InChI=1S/C19H17ClF3N5O/c20-13-10-24-16(27-18(29)28-6-2-1-3-7-28)9-12(13)11-4-5-14-15(8-11)26-17(25-14)19(21,22)23/h4-5,8-10H,1-3,6-7H2,(H,25,26)(H,24,27,29). The second kappa shape index (κ2) is 7.55. The van der Waals surface area contributed by atoms with Gasteiger partial charge in [-0.1, -0.05) is 17.7 Å². The second-order valence-electron chi connectivity index (χ2n) is 6.84. The number of pyridine rings is 1. The van der Waals surface area contributed by atoms with Crippen molar-refractivity contribution in [3.63, 3.8) is 0 Å². The fourth-order valence-electron chi connectivity index (χ4n) is 3.33. The van der Waals surface area contributed by atoms with Gasteiger partial charge in [0.05, 0.1) is 16.1 Å². The summed E-state index contributed by atoms with van der Waals surface area (Å²) in [5, 5.41) is 3.07. The molecule has 1 aliphatic heterocycles. The Kier molecular flexibility index (Phi) is 5.08. The third-order valence-electron chi connectivity index (χ3n) is 4.80. The number of halogens is 4. The Morgan fingerprint density at radius 3 is 2.66 bits per heavy atom. The minimum Gasteiger partial charge on any atom is -0.334 e. The number of hydrogen-bond acceptors (Lipinski definition) is 3. The molecule has 0 atom stereocenters. The minimum atomic E-state index is -4.56. The number of hydrogen-bond donors (Lipinski definition) is 2. The van der Waals surface area contributed by atoms with Crippen molar-refractivity contribution in [1.29, 1.82) is 0 Å². The van der Waals surface area contributed by atoms with E-state index >= 15 is 0 Å². The van der Waals surface area contributed by atoms with Crippen LogP contribution in [0.1, 0.15) is 25.1 Å². The smallest absolute Gasteiger partial charge is 0.334 e. The lowest BCUT2D eigenvalue weighted by Crippen LogP contribution is -2.38. The number of aromatic amines is 1. The molecule has 4 rings (SSSR count). The van der Waals surface area contributed by atoms with Crippen molar-refractivity contribution in [3.05, 3.63) is 41.3 Å². The summed E-state index contributed by atoms with van der Waals surface area (Å²) in [6, 6.07) is 6.02. The van der Waals surface area contributed by atoms with Crippen LogP contribution in [0.4, 0.5) is 23.8 Å². The predicted octanol–water partition coefficient (Wildman–Crippen LogP) is 5.31. The number of aromatic nitrogens is 3. The van der Waals surface area contributed by atoms with E-state index < -0.39 is 12.0 Å². The van der Waals surface area contributed by atoms with E-state index in [4.69, 9.17) is 11.6 Å². The Morgan fingerprint density at radius 1 is 1.17 bits per heavy atom. The summed E-state index contributed by atoms with van der Waals surface area (Å²) < 4.78 is 38.6. The van der Waals surface area contributed by atoms with Crippen LogP contribution in [-0.4, -0.2) is 39.0 Å². The van der Waals surface area contributed by atoms with Gasteiger partial charge in [-0.3, -0.25) is 5.32 Å². The number of carbonyl (C=O) groups is 1. The van der Waals surface area contributed by atoms with Crippen LogP contribution in [0, 0.1) is 0 Å². The third-order valence-corrected chi connectivity index (χ3v) is 5.10. The maximum absolute atomic E-state index is 12.9. The SMILES string of the molecule is O=C(Nc1cc(-c2ccc3nc(C(F)(F)F)[nH]c3c2)c(Cl)cn1)N1CCCCC1. The van der Waals surface area contributed by atoms with Crippen LogP contribution in [0.5, 0.6) is 0 Å². The number of amides is 2. The number of imidazole rings is 1. The van der Waals surface area contributed by atoms with E-state index in [1.54, 1.807) is 17.0 Å². The lowest BCUT2D eigenvalue weighted by atomic mass is 10.1. The quantitative estimate of drug-likeness (QED) is 0.586. The third kappa shape index (κ3) is 4.14. The summed E-state index contributed by atoms with van der Waals surface area (Å²) in [7, 11) is 0. The van der Waals surface area contributed by atoms with Crippen molar-refractivity contribution in [2.24, 2.45) is 0 Å². The zero-order valence-corrected chi connectivity index (χ0v) is 15.9. The summed E-state index contributed by atoms with van der Waals surface area (Å²) in [5.74, 6) is -0.736. The summed E-state index contributed by atoms with van der Waals surface area (Å²) in [6.07, 6.45) is -0.104. The number of piperidine rings is 1. The number of urea groups is 1. The lowest BCUT2D eigenvalue weighted by molar-refractivity contribution is -0.144. The van der Waals surface area contributed by atoms with Gasteiger partial charge in [-0.15, -0.1) is 0 Å². The van der Waals surface area contributed by atoms with Crippen molar-refractivity contribution in [1.82, 2.24) is 19.9 Å². The van der Waals surface area contributed by atoms with Gasteiger partial charge in [0.2, 0.25) is 5.82 Å². The van der Waals surface area contributed by atoms with Gasteiger partial charge in [-0.05, 0) is 43.0 Å². The molecule has 1 fully saturated rings. The molecule has 1 saturated heterocycles. The number of H-pyrrole nitrogens is 1. The molecule has 6 nitrogen and oxygen atoms in total. The summed E-state index contributed by atoms with van der Waals surface area (Å²) in [6.45, 7) is 1.40. The van der Waals surface area contributed by atoms with Crippen LogP contribution < -0.4 is 5.32 Å². The number of nitrogens with one attached hydrogen (secondary N) is 2. The Morgan fingerprint density at radius 2 is 1.93 bits per heavy atom. The first kappa shape index (κ1) is 19.5. The van der Waals surface area contributed by atoms with Crippen LogP contribution >= 0.6 is 11.6 Å². The average Bonchev–Trinajstić information content (AvgIpc) is 3.14. The molecular weight excluding hydrogens is 407 g/mol. The second-order valence-corrected chi connectivity index (χ2v) is 7.25. The molecule has 0 spiro atoms. The highest BCUT2D eigenvalue weighted by atomic mass is 35.5. The van der Waals surface area contributed by atoms with Crippen LogP contribution in [0.15, 0.2) is 30.5 Å². The lowest BCUT2D eigenvalue weighted by Gasteiger charge is -2.26. The van der Waals surface area contributed by atoms with Crippen molar-refractivity contribution < 1.29 is 18.0 Å². The van der Waals surface area contributed by atoms with Gasteiger partial charge in [0.25, 0.3) is 0 Å². The first-order valence-electron chi connectivity index (χ1n) is 9.10. The van der Waals surface area contributed by atoms with Crippen molar-refractivity contribution in [2.45, 2.75) is 25.4 Å². The minimum absolute atomic E-state index is 0.199. The number of rotatable bonds is 2. The molecule has 1 aromatic carbocycles. The molecule has 0 radical (unpaired) electrons. The zero-order chi connectivity index (χ0) is 20.6. The van der Waals surface area contributed by atoms with Crippen LogP contribution in [0.2, 0.25) is 5.02 Å². The highest BCUT2D eigenvalue weighted by Gasteiger charge is 2.34. The molecule has 3 aromatic rings. The van der Waals surface area contributed by atoms with E-state index in [9.17, 15) is 18.0 Å². The normalized spacial score (nSPS) is 15.0. The Hall–Kier alpha value is -2.81. The number of benzene rings is 1. The maximum Gasteiger partial charge on any atom is 0.449 e. The van der Waals surface area contributed by atoms with Gasteiger partial charge in [0.15, 0.2) is 0 Å². The number of alkyl halides is 3. The first-order valence-corrected chi connectivity index (χ1v) is 9.48. The molecule has 0 bridgehead atoms. The number of carbonyl (C=O) groups excluding carboxylic acids is 1. The van der Waals surface area contributed by atoms with Crippen LogP contribution in [0.25, 0.3) is 22.2 Å².